The van der Waals surface area contributed by atoms with Gasteiger partial charge in [-0.3, -0.25) is 14.4 Å². The van der Waals surface area contributed by atoms with Crippen molar-refractivity contribution >= 4 is 37.6 Å². The van der Waals surface area contributed by atoms with E-state index in [1.54, 1.807) is 36.2 Å². The van der Waals surface area contributed by atoms with Crippen LogP contribution < -0.4 is 10.2 Å². The van der Waals surface area contributed by atoms with Gasteiger partial charge in [-0.25, -0.2) is 0 Å². The number of unbranched alkanes of at least 4 members (excludes halogenated alkanes) is 1. The molecular formula is C25H37FN2O7Si. The van der Waals surface area contributed by atoms with Crippen molar-refractivity contribution in [3.05, 3.63) is 23.8 Å². The van der Waals surface area contributed by atoms with Crippen molar-refractivity contribution in [1.82, 2.24) is 0 Å². The molecule has 0 aromatic heterocycles. The number of methoxy groups -OCH3 is 1. The fourth-order valence-electron chi connectivity index (χ4n) is 5.63. The first-order valence-corrected chi connectivity index (χ1v) is 15.3. The summed E-state index contributed by atoms with van der Waals surface area (Å²) in [6.45, 7) is 6.48. The third kappa shape index (κ3) is 5.20. The van der Waals surface area contributed by atoms with Crippen molar-refractivity contribution in [1.29, 1.82) is 0 Å². The predicted molar refractivity (Wildman–Crippen MR) is 135 cm³/mol. The van der Waals surface area contributed by atoms with Gasteiger partial charge in [-0.1, -0.05) is 6.92 Å². The number of fused-ring (bicyclic) bond motifs is 2. The van der Waals surface area contributed by atoms with Crippen LogP contribution in [0.15, 0.2) is 18.2 Å². The van der Waals surface area contributed by atoms with Gasteiger partial charge in [0.2, 0.25) is 8.41 Å². The number of hydrogen-bond donors (Lipinski definition) is 3. The second-order valence-electron chi connectivity index (χ2n) is 10.2. The molecule has 2 heterocycles. The van der Waals surface area contributed by atoms with Gasteiger partial charge in [0.1, 0.15) is 6.10 Å². The summed E-state index contributed by atoms with van der Waals surface area (Å²) in [7, 11) is -1.99. The quantitative estimate of drug-likeness (QED) is 0.186. The summed E-state index contributed by atoms with van der Waals surface area (Å²) in [6.07, 6.45) is -0.356. The third-order valence-electron chi connectivity index (χ3n) is 7.26. The van der Waals surface area contributed by atoms with Gasteiger partial charge in [0.25, 0.3) is 11.8 Å². The number of carbonyl (C=O) groups is 3. The van der Waals surface area contributed by atoms with Crippen LogP contribution in [-0.4, -0.2) is 68.9 Å². The molecule has 0 bridgehead atoms. The van der Waals surface area contributed by atoms with Crippen LogP contribution >= 0.6 is 0 Å². The molecular weight excluding hydrogens is 487 g/mol. The van der Waals surface area contributed by atoms with Crippen molar-refractivity contribution < 1.29 is 38.2 Å². The fourth-order valence-corrected chi connectivity index (χ4v) is 8.17. The van der Waals surface area contributed by atoms with Crippen LogP contribution in [0, 0.1) is 5.92 Å². The van der Waals surface area contributed by atoms with Gasteiger partial charge in [-0.05, 0) is 57.5 Å². The van der Waals surface area contributed by atoms with Crippen LogP contribution in [0.5, 0.6) is 0 Å². The molecule has 1 aromatic carbocycles. The molecule has 11 heteroatoms. The van der Waals surface area contributed by atoms with Crippen molar-refractivity contribution in [3.8, 4) is 0 Å². The van der Waals surface area contributed by atoms with E-state index in [2.05, 4.69) is 10.1 Å². The number of halogens is 1. The van der Waals surface area contributed by atoms with Crippen LogP contribution in [0.25, 0.3) is 0 Å². The maximum Gasteiger partial charge on any atom is 0.305 e. The van der Waals surface area contributed by atoms with E-state index in [1.165, 1.54) is 14.0 Å². The largest absolute Gasteiger partial charge is 0.469 e. The molecule has 1 spiro atoms. The summed E-state index contributed by atoms with van der Waals surface area (Å²) in [5.74, 6) is -1.75. The van der Waals surface area contributed by atoms with Crippen LogP contribution in [0.3, 0.4) is 0 Å². The number of nitrogens with zero attached hydrogens (tertiary/aromatic N) is 1. The smallest absolute Gasteiger partial charge is 0.305 e. The molecule has 0 unspecified atom stereocenters. The molecule has 9 nitrogen and oxygen atoms in total. The van der Waals surface area contributed by atoms with Crippen molar-refractivity contribution in [2.24, 2.45) is 5.92 Å². The number of esters is 1. The number of rotatable bonds is 10. The molecule has 200 valence electrons. The van der Waals surface area contributed by atoms with Gasteiger partial charge in [-0.15, -0.1) is 0 Å². The molecule has 2 aliphatic rings. The number of ether oxygens (including phenoxy) is 2. The highest BCUT2D eigenvalue weighted by atomic mass is 28.4. The summed E-state index contributed by atoms with van der Waals surface area (Å²) >= 11 is 0. The van der Waals surface area contributed by atoms with Gasteiger partial charge in [0.15, 0.2) is 5.60 Å². The zero-order valence-electron chi connectivity index (χ0n) is 21.5. The standard InChI is InChI=1S/C25H37FN2O7Si/c1-15-22(36(4,5)26)20(11-13-29)35-25(15)18-14-17(27-23(32)16(2)30)9-10-19(18)28(24(25)33)12-7-6-8-21(31)34-3/h9-10,14-16,20,22,29-30H,6-8,11-13H2,1-5H3,(H,27,32)/t15-,16+,20+,22-,25+/m1/s1. The second-order valence-corrected chi connectivity index (χ2v) is 14.0. The number of carbonyl (C=O) groups excluding carboxylic acids is 3. The average Bonchev–Trinajstić information content (AvgIpc) is 3.23. The topological polar surface area (TPSA) is 125 Å². The van der Waals surface area contributed by atoms with Gasteiger partial charge >= 0.3 is 5.97 Å². The highest BCUT2D eigenvalue weighted by Gasteiger charge is 2.66. The van der Waals surface area contributed by atoms with E-state index in [0.717, 1.165) is 0 Å². The fraction of sp³-hybridized carbons (Fsp3) is 0.640. The predicted octanol–water partition coefficient (Wildman–Crippen LogP) is 2.85. The van der Waals surface area contributed by atoms with Crippen LogP contribution in [0.1, 0.15) is 45.1 Å². The third-order valence-corrected chi connectivity index (χ3v) is 9.72. The van der Waals surface area contributed by atoms with Crippen LogP contribution in [0.2, 0.25) is 18.6 Å². The number of benzene rings is 1. The monoisotopic (exact) mass is 524 g/mol. The van der Waals surface area contributed by atoms with E-state index in [1.807, 2.05) is 6.92 Å². The van der Waals surface area contributed by atoms with E-state index >= 15 is 4.11 Å². The van der Waals surface area contributed by atoms with E-state index in [9.17, 15) is 24.6 Å². The molecule has 3 rings (SSSR count). The van der Waals surface area contributed by atoms with Gasteiger partial charge in [0, 0.05) is 42.3 Å². The first-order chi connectivity index (χ1) is 16.9. The molecule has 3 N–H and O–H groups in total. The van der Waals surface area contributed by atoms with Crippen LogP contribution in [0.4, 0.5) is 15.5 Å². The van der Waals surface area contributed by atoms with Crippen molar-refractivity contribution in [3.63, 3.8) is 0 Å². The SMILES string of the molecule is COC(=O)CCCCN1C(=O)[C@@]2(O[C@@H](CCO)[C@H]([Si](C)(C)F)[C@H]2C)c2cc(NC(=O)[C@H](C)O)ccc21. The zero-order chi connectivity index (χ0) is 26.8. The minimum Gasteiger partial charge on any atom is -0.469 e. The molecule has 0 saturated carbocycles. The van der Waals surface area contributed by atoms with Gasteiger partial charge in [-0.2, -0.15) is 0 Å². The lowest BCUT2D eigenvalue weighted by molar-refractivity contribution is -0.146. The summed E-state index contributed by atoms with van der Waals surface area (Å²) in [5, 5.41) is 21.9. The van der Waals surface area contributed by atoms with E-state index < -0.39 is 43.6 Å². The number of anilines is 2. The highest BCUT2D eigenvalue weighted by Crippen LogP contribution is 2.60. The van der Waals surface area contributed by atoms with E-state index in [-0.39, 0.29) is 31.3 Å². The zero-order valence-corrected chi connectivity index (χ0v) is 22.5. The summed E-state index contributed by atoms with van der Waals surface area (Å²) in [5.41, 5.74) is -0.489. The average molecular weight is 525 g/mol. The summed E-state index contributed by atoms with van der Waals surface area (Å²) in [6, 6.07) is 5.01. The van der Waals surface area contributed by atoms with E-state index in [4.69, 9.17) is 4.74 Å². The molecule has 5 atom stereocenters. The number of aliphatic hydroxyl groups excluding tert-OH is 2. The minimum atomic E-state index is -3.32. The molecule has 0 radical (unpaired) electrons. The molecule has 1 fully saturated rings. The lowest BCUT2D eigenvalue weighted by Gasteiger charge is -2.31. The number of nitrogens with one attached hydrogen (secondary N) is 1. The Morgan fingerprint density at radius 2 is 2.03 bits per heavy atom. The first-order valence-electron chi connectivity index (χ1n) is 12.4. The lowest BCUT2D eigenvalue weighted by atomic mass is 9.82. The Bertz CT molecular complexity index is 999. The summed E-state index contributed by atoms with van der Waals surface area (Å²) in [4.78, 5) is 39.3. The Labute approximate surface area is 212 Å². The highest BCUT2D eigenvalue weighted by molar-refractivity contribution is 6.72. The van der Waals surface area contributed by atoms with Crippen molar-refractivity contribution in [2.75, 3.05) is 30.5 Å². The first kappa shape index (κ1) is 28.2. The Balaban J connectivity index is 2.03. The second kappa shape index (κ2) is 11.0. The maximum absolute atomic E-state index is 15.6. The molecule has 2 aliphatic heterocycles. The number of hydrogen-bond acceptors (Lipinski definition) is 7. The molecule has 36 heavy (non-hydrogen) atoms. The van der Waals surface area contributed by atoms with Crippen molar-refractivity contribution in [2.45, 2.75) is 76.0 Å². The lowest BCUT2D eigenvalue weighted by Crippen LogP contribution is -2.45. The van der Waals surface area contributed by atoms with Gasteiger partial charge in [0.05, 0.1) is 18.9 Å². The van der Waals surface area contributed by atoms with Gasteiger partial charge < -0.3 is 34.0 Å². The number of amides is 2. The Morgan fingerprint density at radius 3 is 2.61 bits per heavy atom. The molecule has 2 amide bonds. The molecule has 1 aromatic rings. The van der Waals surface area contributed by atoms with E-state index in [0.29, 0.717) is 36.3 Å². The Hall–Kier alpha value is -2.34. The molecule has 1 saturated heterocycles. The summed E-state index contributed by atoms with van der Waals surface area (Å²) < 4.78 is 26.7. The van der Waals surface area contributed by atoms with Crippen LogP contribution in [-0.2, 0) is 29.5 Å². The molecule has 0 aliphatic carbocycles. The Morgan fingerprint density at radius 1 is 1.33 bits per heavy atom. The number of aliphatic hydroxyl groups is 2. The normalized spacial score (nSPS) is 26.3. The maximum atomic E-state index is 15.6. The Kier molecular flexibility index (Phi) is 8.59. The minimum absolute atomic E-state index is 0.197.